The van der Waals surface area contributed by atoms with E-state index in [0.717, 1.165) is 13.1 Å². The van der Waals surface area contributed by atoms with Gasteiger partial charge in [-0.15, -0.1) is 5.92 Å². The van der Waals surface area contributed by atoms with E-state index in [1.54, 1.807) is 0 Å². The third-order valence-electron chi connectivity index (χ3n) is 3.05. The fraction of sp³-hybridized carbons (Fsp3) is 0.846. The molecule has 1 fully saturated rings. The molecule has 0 radical (unpaired) electrons. The van der Waals surface area contributed by atoms with E-state index < -0.39 is 0 Å². The van der Waals surface area contributed by atoms with E-state index in [1.807, 2.05) is 13.8 Å². The Morgan fingerprint density at radius 3 is 2.53 bits per heavy atom. The highest BCUT2D eigenvalue weighted by Gasteiger charge is 2.21. The summed E-state index contributed by atoms with van der Waals surface area (Å²) in [5.41, 5.74) is 0. The summed E-state index contributed by atoms with van der Waals surface area (Å²) < 4.78 is 0. The average molecular weight is 209 g/mol. The highest BCUT2D eigenvalue weighted by atomic mass is 16.3. The van der Waals surface area contributed by atoms with Crippen molar-refractivity contribution >= 4 is 0 Å². The maximum atomic E-state index is 9.46. The van der Waals surface area contributed by atoms with E-state index in [-0.39, 0.29) is 6.10 Å². The summed E-state index contributed by atoms with van der Waals surface area (Å²) in [7, 11) is 0. The highest BCUT2D eigenvalue weighted by molar-refractivity contribution is 4.99. The number of aliphatic hydroxyl groups is 1. The van der Waals surface area contributed by atoms with Gasteiger partial charge in [-0.1, -0.05) is 25.2 Å². The minimum atomic E-state index is -0.245. The van der Waals surface area contributed by atoms with E-state index in [2.05, 4.69) is 16.7 Å². The predicted molar refractivity (Wildman–Crippen MR) is 63.6 cm³/mol. The Hall–Kier alpha value is -0.520. The van der Waals surface area contributed by atoms with Gasteiger partial charge in [-0.05, 0) is 26.7 Å². The lowest BCUT2D eigenvalue weighted by atomic mass is 9.94. The van der Waals surface area contributed by atoms with Crippen molar-refractivity contribution in [2.75, 3.05) is 13.1 Å². The predicted octanol–water partition coefficient (Wildman–Crippen LogP) is 2.03. The first kappa shape index (κ1) is 12.5. The fourth-order valence-electron chi connectivity index (χ4n) is 2.31. The summed E-state index contributed by atoms with van der Waals surface area (Å²) in [5.74, 6) is 6.05. The van der Waals surface area contributed by atoms with Crippen LogP contribution >= 0.6 is 0 Å². The van der Waals surface area contributed by atoms with E-state index in [0.29, 0.717) is 6.04 Å². The molecular formula is C13H23NO. The molecule has 1 atom stereocenters. The monoisotopic (exact) mass is 209 g/mol. The Kier molecular flexibility index (Phi) is 5.75. The van der Waals surface area contributed by atoms with E-state index in [1.165, 1.54) is 32.1 Å². The molecule has 1 aliphatic rings. The van der Waals surface area contributed by atoms with Crippen LogP contribution in [-0.2, 0) is 0 Å². The molecule has 2 heteroatoms. The van der Waals surface area contributed by atoms with Gasteiger partial charge in [-0.3, -0.25) is 4.90 Å². The Morgan fingerprint density at radius 2 is 2.00 bits per heavy atom. The summed E-state index contributed by atoms with van der Waals surface area (Å²) in [6.45, 7) is 5.31. The molecule has 0 heterocycles. The molecule has 0 saturated heterocycles. The van der Waals surface area contributed by atoms with E-state index >= 15 is 0 Å². The molecule has 86 valence electrons. The number of nitrogens with zero attached hydrogens (tertiary/aromatic N) is 1. The Balaban J connectivity index is 2.47. The first-order valence-corrected chi connectivity index (χ1v) is 6.05. The van der Waals surface area contributed by atoms with Crippen molar-refractivity contribution in [3.05, 3.63) is 0 Å². The van der Waals surface area contributed by atoms with E-state index in [4.69, 9.17) is 0 Å². The van der Waals surface area contributed by atoms with Crippen LogP contribution in [0.5, 0.6) is 0 Å². The number of hydrogen-bond donors (Lipinski definition) is 1. The first-order chi connectivity index (χ1) is 7.24. The molecule has 1 rings (SSSR count). The largest absolute Gasteiger partial charge is 0.392 e. The van der Waals surface area contributed by atoms with Gasteiger partial charge in [0.1, 0.15) is 0 Å². The first-order valence-electron chi connectivity index (χ1n) is 6.05. The number of hydrogen-bond acceptors (Lipinski definition) is 2. The Bertz CT molecular complexity index is 220. The minimum absolute atomic E-state index is 0.245. The molecule has 15 heavy (non-hydrogen) atoms. The van der Waals surface area contributed by atoms with Crippen LogP contribution in [0.15, 0.2) is 0 Å². The lowest BCUT2D eigenvalue weighted by Crippen LogP contribution is -2.41. The second kappa shape index (κ2) is 6.87. The lowest BCUT2D eigenvalue weighted by Gasteiger charge is -2.33. The quantitative estimate of drug-likeness (QED) is 0.716. The van der Waals surface area contributed by atoms with Gasteiger partial charge in [0, 0.05) is 12.6 Å². The fourth-order valence-corrected chi connectivity index (χ4v) is 2.31. The van der Waals surface area contributed by atoms with Crippen LogP contribution < -0.4 is 0 Å². The molecule has 0 aliphatic heterocycles. The molecule has 1 saturated carbocycles. The van der Waals surface area contributed by atoms with Gasteiger partial charge >= 0.3 is 0 Å². The van der Waals surface area contributed by atoms with Crippen LogP contribution in [0, 0.1) is 11.8 Å². The zero-order valence-corrected chi connectivity index (χ0v) is 10.00. The van der Waals surface area contributed by atoms with Crippen molar-refractivity contribution in [3.63, 3.8) is 0 Å². The standard InChI is InChI=1S/C13H23NO/c1-3-4-10-14(11-12(2)15)13-8-6-5-7-9-13/h12-13,15H,5-11H2,1-2H3. The summed E-state index contributed by atoms with van der Waals surface area (Å²) in [4.78, 5) is 2.35. The molecule has 0 aromatic rings. The van der Waals surface area contributed by atoms with Gasteiger partial charge in [0.05, 0.1) is 12.6 Å². The van der Waals surface area contributed by atoms with Crippen molar-refractivity contribution in [2.24, 2.45) is 0 Å². The zero-order valence-electron chi connectivity index (χ0n) is 10.00. The molecule has 2 nitrogen and oxygen atoms in total. The molecule has 1 N–H and O–H groups in total. The summed E-state index contributed by atoms with van der Waals surface area (Å²) in [6.07, 6.45) is 6.35. The van der Waals surface area contributed by atoms with Crippen LogP contribution in [0.25, 0.3) is 0 Å². The van der Waals surface area contributed by atoms with Crippen molar-refractivity contribution in [3.8, 4) is 11.8 Å². The zero-order chi connectivity index (χ0) is 11.1. The van der Waals surface area contributed by atoms with Gasteiger partial charge in [0.2, 0.25) is 0 Å². The maximum Gasteiger partial charge on any atom is 0.0639 e. The van der Waals surface area contributed by atoms with Gasteiger partial charge in [0.15, 0.2) is 0 Å². The molecular weight excluding hydrogens is 186 g/mol. The molecule has 0 aromatic heterocycles. The second-order valence-corrected chi connectivity index (χ2v) is 4.50. The smallest absolute Gasteiger partial charge is 0.0639 e. The number of aliphatic hydroxyl groups excluding tert-OH is 1. The topological polar surface area (TPSA) is 23.5 Å². The van der Waals surface area contributed by atoms with Crippen molar-refractivity contribution in [2.45, 2.75) is 58.1 Å². The van der Waals surface area contributed by atoms with Crippen molar-refractivity contribution in [1.29, 1.82) is 0 Å². The van der Waals surface area contributed by atoms with Crippen molar-refractivity contribution < 1.29 is 5.11 Å². The van der Waals surface area contributed by atoms with Crippen LogP contribution in [-0.4, -0.2) is 35.2 Å². The van der Waals surface area contributed by atoms with Crippen LogP contribution in [0.1, 0.15) is 46.0 Å². The molecule has 0 amide bonds. The summed E-state index contributed by atoms with van der Waals surface area (Å²) in [5, 5.41) is 9.46. The van der Waals surface area contributed by atoms with Crippen LogP contribution in [0.4, 0.5) is 0 Å². The lowest BCUT2D eigenvalue weighted by molar-refractivity contribution is 0.0930. The van der Waals surface area contributed by atoms with Gasteiger partial charge in [-0.25, -0.2) is 0 Å². The maximum absolute atomic E-state index is 9.46. The van der Waals surface area contributed by atoms with Gasteiger partial charge in [-0.2, -0.15) is 0 Å². The molecule has 0 bridgehead atoms. The summed E-state index contributed by atoms with van der Waals surface area (Å²) >= 11 is 0. The van der Waals surface area contributed by atoms with Crippen molar-refractivity contribution in [1.82, 2.24) is 4.90 Å². The van der Waals surface area contributed by atoms with Gasteiger partial charge < -0.3 is 5.11 Å². The second-order valence-electron chi connectivity index (χ2n) is 4.50. The minimum Gasteiger partial charge on any atom is -0.392 e. The third kappa shape index (κ3) is 4.68. The molecule has 1 unspecified atom stereocenters. The number of rotatable bonds is 4. The highest BCUT2D eigenvalue weighted by Crippen LogP contribution is 2.22. The Labute approximate surface area is 93.7 Å². The average Bonchev–Trinajstić information content (AvgIpc) is 2.25. The normalized spacial score (nSPS) is 19.7. The Morgan fingerprint density at radius 1 is 1.33 bits per heavy atom. The van der Waals surface area contributed by atoms with Crippen LogP contribution in [0.3, 0.4) is 0 Å². The molecule has 0 aromatic carbocycles. The molecule has 0 spiro atoms. The molecule has 1 aliphatic carbocycles. The SMILES string of the molecule is CC#CCN(CC(C)O)C1CCCCC1. The van der Waals surface area contributed by atoms with Gasteiger partial charge in [0.25, 0.3) is 0 Å². The third-order valence-corrected chi connectivity index (χ3v) is 3.05. The van der Waals surface area contributed by atoms with E-state index in [9.17, 15) is 5.11 Å². The van der Waals surface area contributed by atoms with Crippen LogP contribution in [0.2, 0.25) is 0 Å². The summed E-state index contributed by atoms with van der Waals surface area (Å²) in [6, 6.07) is 0.647.